The molecule has 3 N–H and O–H groups in total. The molecule has 0 spiro atoms. The van der Waals surface area contributed by atoms with E-state index in [1.165, 1.54) is 35.6 Å². The Morgan fingerprint density at radius 1 is 1.18 bits per heavy atom. The first kappa shape index (κ1) is 27.2. The quantitative estimate of drug-likeness (QED) is 0.131. The molecular weight excluding hydrogens is 550 g/mol. The van der Waals surface area contributed by atoms with E-state index in [-0.39, 0.29) is 28.8 Å². The van der Waals surface area contributed by atoms with Crippen molar-refractivity contribution in [1.29, 1.82) is 0 Å². The molecule has 11 nitrogen and oxygen atoms in total. The van der Waals surface area contributed by atoms with Crippen molar-refractivity contribution in [2.45, 2.75) is 25.0 Å². The summed E-state index contributed by atoms with van der Waals surface area (Å²) in [7, 11) is 0. The van der Waals surface area contributed by atoms with Gasteiger partial charge in [0.25, 0.3) is 11.6 Å². The number of nitro benzene ring substituents is 1. The van der Waals surface area contributed by atoms with Crippen LogP contribution in [0.25, 0.3) is 11.3 Å². The van der Waals surface area contributed by atoms with E-state index in [4.69, 9.17) is 11.6 Å². The largest absolute Gasteiger partial charge is 0.342 e. The first-order valence-corrected chi connectivity index (χ1v) is 13.6. The molecule has 4 aromatic rings. The Bertz CT molecular complexity index is 1460. The van der Waals surface area contributed by atoms with Crippen molar-refractivity contribution in [3.8, 4) is 11.3 Å². The summed E-state index contributed by atoms with van der Waals surface area (Å²) in [6.07, 6.45) is 0. The summed E-state index contributed by atoms with van der Waals surface area (Å²) in [6.45, 7) is 3.79. The number of thioether (sulfide) groups is 1. The summed E-state index contributed by atoms with van der Waals surface area (Å²) >= 11 is 8.37. The number of carbonyl (C=O) groups is 2. The van der Waals surface area contributed by atoms with Crippen LogP contribution in [0, 0.1) is 16.0 Å². The Hall–Kier alpha value is -3.81. The number of aromatic amines is 1. The van der Waals surface area contributed by atoms with Crippen molar-refractivity contribution in [3.05, 3.63) is 80.4 Å². The maximum atomic E-state index is 12.7. The molecule has 0 bridgehead atoms. The number of hydrogen-bond acceptors (Lipinski definition) is 9. The SMILES string of the molecule is CC(C)[C@H](NC(=O)c1cccc([N+](=O)[O-])c1)c1nc(SCC(=O)Nc2nc(-c3ccc(Cl)cc3)cs2)n[nH]1. The molecular formula is C24H22ClN7O4S2. The molecule has 4 rings (SSSR count). The van der Waals surface area contributed by atoms with Gasteiger partial charge in [0.15, 0.2) is 5.13 Å². The number of nitro groups is 1. The number of H-pyrrole nitrogens is 1. The van der Waals surface area contributed by atoms with Crippen LogP contribution in [0.15, 0.2) is 59.1 Å². The van der Waals surface area contributed by atoms with Crippen LogP contribution in [0.2, 0.25) is 5.02 Å². The number of thiazole rings is 1. The summed E-state index contributed by atoms with van der Waals surface area (Å²) in [4.78, 5) is 44.5. The number of non-ortho nitro benzene ring substituents is 1. The Labute approximate surface area is 230 Å². The second-order valence-corrected chi connectivity index (χ2v) is 10.6. The van der Waals surface area contributed by atoms with E-state index < -0.39 is 16.9 Å². The van der Waals surface area contributed by atoms with Gasteiger partial charge >= 0.3 is 0 Å². The van der Waals surface area contributed by atoms with E-state index in [0.29, 0.717) is 21.1 Å². The van der Waals surface area contributed by atoms with Gasteiger partial charge in [-0.2, -0.15) is 0 Å². The number of nitrogens with one attached hydrogen (secondary N) is 3. The molecule has 2 heterocycles. The first-order chi connectivity index (χ1) is 18.2. The Morgan fingerprint density at radius 3 is 2.66 bits per heavy atom. The average molecular weight is 572 g/mol. The number of rotatable bonds is 10. The van der Waals surface area contributed by atoms with E-state index in [0.717, 1.165) is 23.0 Å². The highest BCUT2D eigenvalue weighted by molar-refractivity contribution is 7.99. The minimum absolute atomic E-state index is 0.0551. The molecule has 0 saturated carbocycles. The highest BCUT2D eigenvalue weighted by Gasteiger charge is 2.24. The fourth-order valence-electron chi connectivity index (χ4n) is 3.37. The van der Waals surface area contributed by atoms with Gasteiger partial charge in [0.05, 0.1) is 22.4 Å². The predicted octanol–water partition coefficient (Wildman–Crippen LogP) is 5.35. The number of aromatic nitrogens is 4. The molecule has 2 amide bonds. The molecule has 2 aromatic heterocycles. The van der Waals surface area contributed by atoms with E-state index in [1.54, 1.807) is 12.1 Å². The lowest BCUT2D eigenvalue weighted by molar-refractivity contribution is -0.384. The van der Waals surface area contributed by atoms with Gasteiger partial charge in [0, 0.05) is 33.7 Å². The van der Waals surface area contributed by atoms with Crippen LogP contribution < -0.4 is 10.6 Å². The van der Waals surface area contributed by atoms with Gasteiger partial charge in [0.1, 0.15) is 5.82 Å². The van der Waals surface area contributed by atoms with Crippen LogP contribution in [0.3, 0.4) is 0 Å². The standard InChI is InChI=1S/C24H22ClN7O4S2/c1-13(2)20(28-22(34)15-4-3-5-17(10-15)32(35)36)21-29-24(31-30-21)38-12-19(33)27-23-26-18(11-37-23)14-6-8-16(25)9-7-14/h3-11,13,20H,12H2,1-2H3,(H,28,34)(H,26,27,33)(H,29,30,31)/t20-/m0/s1. The molecule has 0 unspecified atom stereocenters. The third-order valence-corrected chi connectivity index (χ3v) is 7.13. The minimum atomic E-state index is -0.556. The Balaban J connectivity index is 1.34. The van der Waals surface area contributed by atoms with Crippen LogP contribution in [0.5, 0.6) is 0 Å². The maximum absolute atomic E-state index is 12.7. The fourth-order valence-corrected chi connectivity index (χ4v) is 4.83. The minimum Gasteiger partial charge on any atom is -0.342 e. The molecule has 0 fully saturated rings. The van der Waals surface area contributed by atoms with Gasteiger partial charge in [-0.3, -0.25) is 24.8 Å². The smallest absolute Gasteiger partial charge is 0.270 e. The molecule has 0 radical (unpaired) electrons. The van der Waals surface area contributed by atoms with Gasteiger partial charge in [0.2, 0.25) is 11.1 Å². The maximum Gasteiger partial charge on any atom is 0.270 e. The van der Waals surface area contributed by atoms with E-state index in [9.17, 15) is 19.7 Å². The molecule has 0 saturated heterocycles. The molecule has 0 aliphatic heterocycles. The van der Waals surface area contributed by atoms with Crippen molar-refractivity contribution >= 4 is 57.3 Å². The van der Waals surface area contributed by atoms with Crippen LogP contribution in [-0.4, -0.2) is 42.7 Å². The highest BCUT2D eigenvalue weighted by atomic mass is 35.5. The third-order valence-electron chi connectivity index (χ3n) is 5.27. The molecule has 2 aromatic carbocycles. The second kappa shape index (κ2) is 12.2. The number of benzene rings is 2. The van der Waals surface area contributed by atoms with Crippen LogP contribution >= 0.6 is 34.7 Å². The number of halogens is 1. The Kier molecular flexibility index (Phi) is 8.71. The van der Waals surface area contributed by atoms with Crippen LogP contribution in [0.4, 0.5) is 10.8 Å². The van der Waals surface area contributed by atoms with Gasteiger partial charge in [-0.25, -0.2) is 9.97 Å². The third kappa shape index (κ3) is 6.94. The zero-order chi connectivity index (χ0) is 27.2. The number of hydrogen-bond donors (Lipinski definition) is 3. The lowest BCUT2D eigenvalue weighted by atomic mass is 10.0. The van der Waals surface area contributed by atoms with Crippen LogP contribution in [0.1, 0.15) is 36.1 Å². The zero-order valence-electron chi connectivity index (χ0n) is 20.2. The summed E-state index contributed by atoms with van der Waals surface area (Å²) in [5.74, 6) is -0.336. The van der Waals surface area contributed by atoms with E-state index in [2.05, 4.69) is 30.8 Å². The number of nitrogens with zero attached hydrogens (tertiary/aromatic N) is 4. The molecule has 1 atom stereocenters. The van der Waals surface area contributed by atoms with Gasteiger partial charge in [-0.05, 0) is 24.1 Å². The number of amides is 2. The number of anilines is 1. The Morgan fingerprint density at radius 2 is 1.95 bits per heavy atom. The van der Waals surface area contributed by atoms with Crippen molar-refractivity contribution in [2.75, 3.05) is 11.1 Å². The van der Waals surface area contributed by atoms with Crippen molar-refractivity contribution < 1.29 is 14.5 Å². The lowest BCUT2D eigenvalue weighted by Crippen LogP contribution is -2.32. The summed E-state index contributed by atoms with van der Waals surface area (Å²) < 4.78 is 0. The zero-order valence-corrected chi connectivity index (χ0v) is 22.6. The topological polar surface area (TPSA) is 156 Å². The van der Waals surface area contributed by atoms with Gasteiger partial charge in [-0.1, -0.05) is 55.4 Å². The molecule has 0 aliphatic carbocycles. The first-order valence-electron chi connectivity index (χ1n) is 11.3. The summed E-state index contributed by atoms with van der Waals surface area (Å²) in [6, 6.07) is 12.2. The second-order valence-electron chi connectivity index (χ2n) is 8.39. The van der Waals surface area contributed by atoms with Gasteiger partial charge < -0.3 is 10.6 Å². The van der Waals surface area contributed by atoms with Crippen molar-refractivity contribution in [2.24, 2.45) is 5.92 Å². The normalized spacial score (nSPS) is 11.8. The fraction of sp³-hybridized carbons (Fsp3) is 0.208. The van der Waals surface area contributed by atoms with E-state index in [1.807, 2.05) is 31.4 Å². The van der Waals surface area contributed by atoms with Gasteiger partial charge in [-0.15, -0.1) is 16.4 Å². The molecule has 196 valence electrons. The number of carbonyl (C=O) groups excluding carboxylic acids is 2. The molecule has 14 heteroatoms. The van der Waals surface area contributed by atoms with Crippen LogP contribution in [-0.2, 0) is 4.79 Å². The average Bonchev–Trinajstić information content (AvgIpc) is 3.56. The lowest BCUT2D eigenvalue weighted by Gasteiger charge is -2.19. The molecule has 38 heavy (non-hydrogen) atoms. The summed E-state index contributed by atoms with van der Waals surface area (Å²) in [5, 5.41) is 26.9. The monoisotopic (exact) mass is 571 g/mol. The van der Waals surface area contributed by atoms with E-state index >= 15 is 0 Å². The molecule has 0 aliphatic rings. The highest BCUT2D eigenvalue weighted by Crippen LogP contribution is 2.27. The predicted molar refractivity (Wildman–Crippen MR) is 146 cm³/mol. The summed E-state index contributed by atoms with van der Waals surface area (Å²) in [5.41, 5.74) is 1.62. The van der Waals surface area contributed by atoms with Crippen molar-refractivity contribution in [3.63, 3.8) is 0 Å². The van der Waals surface area contributed by atoms with Crippen molar-refractivity contribution in [1.82, 2.24) is 25.5 Å².